The van der Waals surface area contributed by atoms with Crippen LogP contribution < -0.4 is 0 Å². The minimum Gasteiger partial charge on any atom is -0.202 e. The van der Waals surface area contributed by atoms with Gasteiger partial charge in [0.1, 0.15) is 23.3 Å². The minimum absolute atomic E-state index is 0.707. The van der Waals surface area contributed by atoms with Crippen LogP contribution >= 0.6 is 0 Å². The van der Waals surface area contributed by atoms with E-state index >= 15 is 0 Å². The largest absolute Gasteiger partial charge is 0.202 e. The fourth-order valence-corrected chi connectivity index (χ4v) is 4.56. The lowest BCUT2D eigenvalue weighted by molar-refractivity contribution is 0.446. The van der Waals surface area contributed by atoms with Crippen molar-refractivity contribution in [3.63, 3.8) is 0 Å². The minimum atomic E-state index is -1.86. The molecule has 0 radical (unpaired) electrons. The van der Waals surface area contributed by atoms with Crippen molar-refractivity contribution in [1.29, 1.82) is 21.0 Å². The summed E-state index contributed by atoms with van der Waals surface area (Å²) in [7, 11) is 0. The quantitative estimate of drug-likeness (QED) is 0.145. The first-order chi connectivity index (χ1) is 19.5. The summed E-state index contributed by atoms with van der Waals surface area (Å²) in [5.41, 5.74) is 8.11. The second kappa shape index (κ2) is 12.6. The smallest absolute Gasteiger partial charge is 0.181 e. The topological polar surface area (TPSA) is 95.2 Å². The van der Waals surface area contributed by atoms with Crippen molar-refractivity contribution in [3.05, 3.63) is 127 Å². The molecule has 1 aliphatic carbocycles. The van der Waals surface area contributed by atoms with Crippen LogP contribution in [-0.4, -0.2) is 0 Å². The van der Waals surface area contributed by atoms with Crippen LogP contribution in [0.1, 0.15) is 55.6 Å². The van der Waals surface area contributed by atoms with Crippen molar-refractivity contribution >= 4 is 0 Å². The van der Waals surface area contributed by atoms with E-state index in [1.807, 2.05) is 27.7 Å². The normalized spacial score (nSPS) is 10.2. The molecule has 0 bridgehead atoms. The van der Waals surface area contributed by atoms with E-state index in [9.17, 15) is 17.6 Å². The molecule has 4 nitrogen and oxygen atoms in total. The molecule has 1 aliphatic rings. The second-order valence-electron chi connectivity index (χ2n) is 9.19. The Hall–Kier alpha value is -5.44. The van der Waals surface area contributed by atoms with Gasteiger partial charge in [0.2, 0.25) is 0 Å². The fraction of sp³-hybridized carbons (Fsp3) is 0.152. The lowest BCUT2D eigenvalue weighted by Gasteiger charge is -2.12. The first kappa shape index (κ1) is 30.1. The van der Waals surface area contributed by atoms with E-state index in [0.717, 1.165) is 40.8 Å². The van der Waals surface area contributed by atoms with Crippen molar-refractivity contribution < 1.29 is 17.6 Å². The first-order valence-electron chi connectivity index (χ1n) is 12.3. The Balaban J connectivity index is 0.000000169. The molecule has 0 saturated carbocycles. The van der Waals surface area contributed by atoms with Crippen molar-refractivity contribution in [2.45, 2.75) is 34.1 Å². The molecule has 0 spiro atoms. The van der Waals surface area contributed by atoms with E-state index in [-0.39, 0.29) is 0 Å². The summed E-state index contributed by atoms with van der Waals surface area (Å²) in [5, 5.41) is 34.3. The van der Waals surface area contributed by atoms with E-state index in [2.05, 4.69) is 60.7 Å². The maximum atomic E-state index is 12.7. The highest BCUT2D eigenvalue weighted by atomic mass is 19.2. The van der Waals surface area contributed by atoms with Gasteiger partial charge in [0.25, 0.3) is 0 Å². The molecule has 0 aromatic heterocycles. The van der Waals surface area contributed by atoms with Crippen LogP contribution in [0.2, 0.25) is 0 Å². The van der Waals surface area contributed by atoms with Gasteiger partial charge in [-0.1, -0.05) is 48.5 Å². The molecule has 4 aromatic carbocycles. The zero-order valence-corrected chi connectivity index (χ0v) is 22.6. The molecule has 0 N–H and O–H groups in total. The third-order valence-corrected chi connectivity index (χ3v) is 7.04. The van der Waals surface area contributed by atoms with Crippen LogP contribution in [0.25, 0.3) is 11.1 Å². The molecule has 4 aromatic rings. The summed E-state index contributed by atoms with van der Waals surface area (Å²) < 4.78 is 50.9. The highest BCUT2D eigenvalue weighted by Gasteiger charge is 2.25. The van der Waals surface area contributed by atoms with Crippen molar-refractivity contribution in [2.75, 3.05) is 0 Å². The highest BCUT2D eigenvalue weighted by Crippen LogP contribution is 2.35. The molecule has 0 atom stereocenters. The predicted octanol–water partition coefficient (Wildman–Crippen LogP) is 7.91. The SMILES string of the molecule is Cc1c(C)c(C#N)c(C)c(C)c1C#N.N#Cc1c(F)c(F)c(C#N)c(F)c1F.c1ccc2c(c1)Cc1ccccc1-2. The fourth-order valence-electron chi connectivity index (χ4n) is 4.56. The van der Waals surface area contributed by atoms with Crippen molar-refractivity contribution in [1.82, 2.24) is 0 Å². The van der Waals surface area contributed by atoms with Crippen LogP contribution in [-0.2, 0) is 6.42 Å². The molecule has 0 saturated heterocycles. The molecule has 41 heavy (non-hydrogen) atoms. The Kier molecular flexibility index (Phi) is 9.26. The zero-order chi connectivity index (χ0) is 30.4. The summed E-state index contributed by atoms with van der Waals surface area (Å²) >= 11 is 0. The number of hydrogen-bond acceptors (Lipinski definition) is 4. The van der Waals surface area contributed by atoms with Crippen LogP contribution in [0.15, 0.2) is 48.5 Å². The number of nitriles is 4. The van der Waals surface area contributed by atoms with E-state index in [1.165, 1.54) is 22.3 Å². The van der Waals surface area contributed by atoms with Gasteiger partial charge in [-0.3, -0.25) is 0 Å². The Morgan fingerprint density at radius 2 is 0.732 bits per heavy atom. The van der Waals surface area contributed by atoms with Gasteiger partial charge in [-0.2, -0.15) is 21.0 Å². The summed E-state index contributed by atoms with van der Waals surface area (Å²) in [6, 6.07) is 23.6. The van der Waals surface area contributed by atoms with Gasteiger partial charge < -0.3 is 0 Å². The monoisotopic (exact) mass is 550 g/mol. The van der Waals surface area contributed by atoms with Gasteiger partial charge in [0, 0.05) is 0 Å². The average molecular weight is 551 g/mol. The van der Waals surface area contributed by atoms with Gasteiger partial charge >= 0.3 is 0 Å². The summed E-state index contributed by atoms with van der Waals surface area (Å²) in [4.78, 5) is 0. The number of fused-ring (bicyclic) bond motifs is 3. The number of rotatable bonds is 0. The maximum absolute atomic E-state index is 12.7. The lowest BCUT2D eigenvalue weighted by Crippen LogP contribution is -2.04. The number of nitrogens with zero attached hydrogens (tertiary/aromatic N) is 4. The van der Waals surface area contributed by atoms with E-state index in [0.29, 0.717) is 11.1 Å². The third kappa shape index (κ3) is 5.65. The Morgan fingerprint density at radius 1 is 0.463 bits per heavy atom. The zero-order valence-electron chi connectivity index (χ0n) is 22.6. The summed E-state index contributed by atoms with van der Waals surface area (Å²) in [6.45, 7) is 7.56. The molecule has 0 fully saturated rings. The molecular formula is C33H22F4N4. The third-order valence-electron chi connectivity index (χ3n) is 7.04. The Labute approximate surface area is 235 Å². The molecule has 8 heteroatoms. The van der Waals surface area contributed by atoms with Crippen LogP contribution in [0, 0.1) is 96.3 Å². The van der Waals surface area contributed by atoms with Crippen molar-refractivity contribution in [3.8, 4) is 35.4 Å². The standard InChI is InChI=1S/C13H10.C12H12N2.C8F4N2/c1-3-7-12-10(5-1)9-11-6-2-4-8-13(11)12;1-7-8(2)12(6-14)10(4)9(3)11(7)5-13;9-5-3(1-13)6(10)8(12)4(2-14)7(5)11/h1-8H,9H2;1-4H3;. The average Bonchev–Trinajstić information content (AvgIpc) is 3.36. The van der Waals surface area contributed by atoms with Crippen LogP contribution in [0.3, 0.4) is 0 Å². The van der Waals surface area contributed by atoms with Gasteiger partial charge in [-0.25, -0.2) is 17.6 Å². The number of halogens is 4. The lowest BCUT2D eigenvalue weighted by atomic mass is 9.90. The van der Waals surface area contributed by atoms with Crippen LogP contribution in [0.4, 0.5) is 17.6 Å². The number of benzene rings is 4. The van der Waals surface area contributed by atoms with E-state index < -0.39 is 34.4 Å². The second-order valence-corrected chi connectivity index (χ2v) is 9.19. The molecule has 0 heterocycles. The Morgan fingerprint density at radius 3 is 1.00 bits per heavy atom. The van der Waals surface area contributed by atoms with Gasteiger partial charge in [0.05, 0.1) is 23.3 Å². The van der Waals surface area contributed by atoms with Crippen LogP contribution in [0.5, 0.6) is 0 Å². The molecule has 202 valence electrons. The number of hydrogen-bond donors (Lipinski definition) is 0. The van der Waals surface area contributed by atoms with Gasteiger partial charge in [0.15, 0.2) is 23.3 Å². The molecule has 0 aliphatic heterocycles. The predicted molar refractivity (Wildman–Crippen MR) is 145 cm³/mol. The maximum Gasteiger partial charge on any atom is 0.181 e. The van der Waals surface area contributed by atoms with E-state index in [1.54, 1.807) is 0 Å². The summed E-state index contributed by atoms with van der Waals surface area (Å²) in [6.07, 6.45) is 1.10. The summed E-state index contributed by atoms with van der Waals surface area (Å²) in [5.74, 6) is -7.43. The molecular weight excluding hydrogens is 528 g/mol. The Bertz CT molecular complexity index is 1560. The molecule has 0 amide bonds. The van der Waals surface area contributed by atoms with Crippen molar-refractivity contribution in [2.24, 2.45) is 0 Å². The first-order valence-corrected chi connectivity index (χ1v) is 12.3. The van der Waals surface area contributed by atoms with Gasteiger partial charge in [-0.15, -0.1) is 0 Å². The molecule has 0 unspecified atom stereocenters. The molecule has 5 rings (SSSR count). The van der Waals surface area contributed by atoms with Gasteiger partial charge in [-0.05, 0) is 78.6 Å². The highest BCUT2D eigenvalue weighted by molar-refractivity contribution is 5.76. The van der Waals surface area contributed by atoms with E-state index in [4.69, 9.17) is 21.0 Å².